The Bertz CT molecular complexity index is 69.7. The SMILES string of the molecule is CCOP=O.OP(O)O.[H-].[H-].[Na+].[Na+]. The van der Waals surface area contributed by atoms with Gasteiger partial charge in [-0.2, -0.15) is 0 Å². The van der Waals surface area contributed by atoms with Crippen LogP contribution in [0.1, 0.15) is 9.78 Å². The van der Waals surface area contributed by atoms with Gasteiger partial charge in [0.2, 0.25) is 0 Å². The van der Waals surface area contributed by atoms with E-state index in [9.17, 15) is 4.57 Å². The van der Waals surface area contributed by atoms with Crippen molar-refractivity contribution in [2.45, 2.75) is 6.92 Å². The van der Waals surface area contributed by atoms with E-state index >= 15 is 0 Å². The Labute approximate surface area is 115 Å². The summed E-state index contributed by atoms with van der Waals surface area (Å²) in [4.78, 5) is 21.7. The number of hydrogen-bond donors (Lipinski definition) is 3. The summed E-state index contributed by atoms with van der Waals surface area (Å²) in [5, 5.41) is 0. The van der Waals surface area contributed by atoms with Gasteiger partial charge >= 0.3 is 76.4 Å². The molecule has 0 radical (unpaired) electrons. The minimum atomic E-state index is -2.62. The van der Waals surface area contributed by atoms with Gasteiger partial charge in [-0.3, -0.25) is 4.52 Å². The fourth-order valence-electron chi connectivity index (χ4n) is 0.0527. The van der Waals surface area contributed by atoms with Gasteiger partial charge in [0.25, 0.3) is 0 Å². The molecule has 0 fully saturated rings. The van der Waals surface area contributed by atoms with Gasteiger partial charge < -0.3 is 17.5 Å². The molecular weight excluding hydrogens is 212 g/mol. The third-order valence-corrected chi connectivity index (χ3v) is 0.545. The van der Waals surface area contributed by atoms with Crippen LogP contribution in [0, 0.1) is 0 Å². The molecule has 0 unspecified atom stereocenters. The maximum atomic E-state index is 9.28. The van der Waals surface area contributed by atoms with Crippen molar-refractivity contribution in [1.29, 1.82) is 0 Å². The number of hydrogen-bond acceptors (Lipinski definition) is 5. The minimum absolute atomic E-state index is 0. The molecular formula is C2H10Na2O5P2. The molecule has 60 valence electrons. The van der Waals surface area contributed by atoms with Crippen LogP contribution in [0.4, 0.5) is 0 Å². The molecule has 5 nitrogen and oxygen atoms in total. The van der Waals surface area contributed by atoms with Gasteiger partial charge in [0.15, 0.2) is 0 Å². The van der Waals surface area contributed by atoms with E-state index in [2.05, 4.69) is 4.52 Å². The maximum absolute atomic E-state index is 9.28. The summed E-state index contributed by atoms with van der Waals surface area (Å²) < 4.78 is 13.5. The Morgan fingerprint density at radius 3 is 1.73 bits per heavy atom. The third-order valence-electron chi connectivity index (χ3n) is 0.182. The molecule has 0 spiro atoms. The average molecular weight is 222 g/mol. The molecule has 0 aromatic heterocycles. The normalized spacial score (nSPS) is 7.36. The van der Waals surface area contributed by atoms with Crippen molar-refractivity contribution in [1.82, 2.24) is 0 Å². The maximum Gasteiger partial charge on any atom is 1.00 e. The van der Waals surface area contributed by atoms with E-state index in [1.165, 1.54) is 0 Å². The van der Waals surface area contributed by atoms with Gasteiger partial charge in [-0.15, -0.1) is 0 Å². The van der Waals surface area contributed by atoms with Gasteiger partial charge in [0.05, 0.1) is 6.61 Å². The molecule has 0 bridgehead atoms. The van der Waals surface area contributed by atoms with Crippen molar-refractivity contribution in [3.05, 3.63) is 0 Å². The van der Waals surface area contributed by atoms with E-state index in [0.29, 0.717) is 6.61 Å². The summed E-state index contributed by atoms with van der Waals surface area (Å²) in [6, 6.07) is 0. The summed E-state index contributed by atoms with van der Waals surface area (Å²) in [5.74, 6) is 0. The molecule has 3 N–H and O–H groups in total. The summed E-state index contributed by atoms with van der Waals surface area (Å²) >= 11 is 0. The van der Waals surface area contributed by atoms with Crippen LogP contribution in [0.25, 0.3) is 0 Å². The Morgan fingerprint density at radius 1 is 1.45 bits per heavy atom. The van der Waals surface area contributed by atoms with Crippen LogP contribution >= 0.6 is 17.3 Å². The van der Waals surface area contributed by atoms with Gasteiger partial charge in [-0.1, -0.05) is 0 Å². The molecule has 9 heteroatoms. The Morgan fingerprint density at radius 2 is 1.73 bits per heavy atom. The summed E-state index contributed by atoms with van der Waals surface area (Å²) in [6.07, 6.45) is 0. The van der Waals surface area contributed by atoms with E-state index in [-0.39, 0.29) is 70.7 Å². The van der Waals surface area contributed by atoms with Crippen molar-refractivity contribution >= 4 is 17.3 Å². The van der Waals surface area contributed by atoms with E-state index < -0.39 is 8.60 Å². The van der Waals surface area contributed by atoms with Crippen molar-refractivity contribution in [3.8, 4) is 0 Å². The zero-order valence-electron chi connectivity index (χ0n) is 8.76. The van der Waals surface area contributed by atoms with Gasteiger partial charge in [-0.05, 0) is 6.92 Å². The van der Waals surface area contributed by atoms with Crippen molar-refractivity contribution in [2.75, 3.05) is 6.61 Å². The molecule has 0 aliphatic carbocycles. The van der Waals surface area contributed by atoms with Crippen LogP contribution in [-0.2, 0) is 9.09 Å². The molecule has 0 saturated heterocycles. The second kappa shape index (κ2) is 22.8. The molecule has 0 aliphatic heterocycles. The number of rotatable bonds is 2. The third kappa shape index (κ3) is 69.7. The van der Waals surface area contributed by atoms with Crippen LogP contribution in [0.5, 0.6) is 0 Å². The largest absolute Gasteiger partial charge is 1.00 e. The topological polar surface area (TPSA) is 87.0 Å². The Balaban J connectivity index is -0.0000000146. The minimum Gasteiger partial charge on any atom is -1.00 e. The fourth-order valence-corrected chi connectivity index (χ4v) is 0.158. The average Bonchev–Trinajstić information content (AvgIpc) is 1.66. The molecule has 0 aromatic rings. The van der Waals surface area contributed by atoms with Gasteiger partial charge in [0, 0.05) is 0 Å². The first-order valence-electron chi connectivity index (χ1n) is 1.96. The zero-order chi connectivity index (χ0) is 7.70. The monoisotopic (exact) mass is 222 g/mol. The van der Waals surface area contributed by atoms with Crippen LogP contribution in [-0.4, -0.2) is 21.3 Å². The van der Waals surface area contributed by atoms with E-state index in [0.717, 1.165) is 0 Å². The van der Waals surface area contributed by atoms with Crippen LogP contribution in [0.3, 0.4) is 0 Å². The molecule has 0 atom stereocenters. The second-order valence-corrected chi connectivity index (χ2v) is 1.70. The molecule has 0 aromatic carbocycles. The summed E-state index contributed by atoms with van der Waals surface area (Å²) in [5.41, 5.74) is 0. The predicted molar refractivity (Wildman–Crippen MR) is 35.0 cm³/mol. The van der Waals surface area contributed by atoms with Crippen molar-refractivity contribution < 1.29 is 85.7 Å². The first-order valence-corrected chi connectivity index (χ1v) is 3.89. The van der Waals surface area contributed by atoms with Gasteiger partial charge in [-0.25, -0.2) is 4.57 Å². The van der Waals surface area contributed by atoms with E-state index in [4.69, 9.17) is 14.7 Å². The summed E-state index contributed by atoms with van der Waals surface area (Å²) in [6.45, 7) is 2.30. The van der Waals surface area contributed by atoms with Crippen molar-refractivity contribution in [3.63, 3.8) is 0 Å². The van der Waals surface area contributed by atoms with E-state index in [1.807, 2.05) is 0 Å². The molecule has 0 aliphatic rings. The van der Waals surface area contributed by atoms with Crippen LogP contribution in [0.2, 0.25) is 0 Å². The van der Waals surface area contributed by atoms with Crippen LogP contribution in [0.15, 0.2) is 0 Å². The zero-order valence-corrected chi connectivity index (χ0v) is 12.5. The smallest absolute Gasteiger partial charge is 1.00 e. The molecule has 0 amide bonds. The Hall–Kier alpha value is 2.37. The second-order valence-electron chi connectivity index (χ2n) is 0.761. The molecule has 11 heavy (non-hydrogen) atoms. The molecule has 0 heterocycles. The Kier molecular flexibility index (Phi) is 48.4. The standard InChI is InChI=1S/C2H5O2P.2Na.H3O3P.2H/c1-2-4-5-3;;;1-4(2)3;;/h2H2,1H3;;;1-3H;;/q;2*+1;;2*-1. The van der Waals surface area contributed by atoms with Gasteiger partial charge in [0.1, 0.15) is 0 Å². The first-order chi connectivity index (χ1) is 4.15. The molecule has 0 rings (SSSR count). The van der Waals surface area contributed by atoms with Crippen molar-refractivity contribution in [2.24, 2.45) is 0 Å². The predicted octanol–water partition coefficient (Wildman–Crippen LogP) is -5.35. The first kappa shape index (κ1) is 23.3. The van der Waals surface area contributed by atoms with E-state index in [1.54, 1.807) is 6.92 Å². The fraction of sp³-hybridized carbons (Fsp3) is 1.00. The quantitative estimate of drug-likeness (QED) is 0.321. The summed E-state index contributed by atoms with van der Waals surface area (Å²) in [7, 11) is -2.84. The van der Waals surface area contributed by atoms with Crippen LogP contribution < -0.4 is 59.1 Å². The molecule has 0 saturated carbocycles.